The third kappa shape index (κ3) is 6.33. The molecule has 0 heterocycles. The second-order valence-corrected chi connectivity index (χ2v) is 7.80. The average Bonchev–Trinajstić information content (AvgIpc) is 2.77. The van der Waals surface area contributed by atoms with Gasteiger partial charge in [0.15, 0.2) is 0 Å². The van der Waals surface area contributed by atoms with Crippen molar-refractivity contribution in [1.82, 2.24) is 10.6 Å². The molecule has 32 heavy (non-hydrogen) atoms. The number of rotatable bonds is 7. The number of hydrogen-bond acceptors (Lipinski definition) is 3. The largest absolute Gasteiger partial charge is 0.352 e. The van der Waals surface area contributed by atoms with E-state index in [-0.39, 0.29) is 24.3 Å². The lowest BCUT2D eigenvalue weighted by molar-refractivity contribution is 0.0947. The van der Waals surface area contributed by atoms with Crippen molar-refractivity contribution in [3.8, 4) is 0 Å². The smallest absolute Gasteiger partial charge is 0.255 e. The molecule has 0 bridgehead atoms. The van der Waals surface area contributed by atoms with Gasteiger partial charge in [0, 0.05) is 45.5 Å². The molecule has 0 saturated carbocycles. The highest BCUT2D eigenvalue weighted by atomic mass is 35.5. The van der Waals surface area contributed by atoms with Gasteiger partial charge in [0.25, 0.3) is 17.7 Å². The second kappa shape index (κ2) is 10.8. The second-order valence-electron chi connectivity index (χ2n) is 6.93. The highest BCUT2D eigenvalue weighted by Crippen LogP contribution is 2.20. The third-order valence-corrected chi connectivity index (χ3v) is 4.95. The number of carbonyl (C=O) groups excluding carboxylic acids is 3. The summed E-state index contributed by atoms with van der Waals surface area (Å²) in [6, 6.07) is 18.2. The molecule has 0 fully saturated rings. The number of carbonyl (C=O) groups is 3. The van der Waals surface area contributed by atoms with Gasteiger partial charge >= 0.3 is 0 Å². The first-order valence-electron chi connectivity index (χ1n) is 9.88. The Bertz CT molecular complexity index is 1130. The maximum Gasteiger partial charge on any atom is 0.255 e. The summed E-state index contributed by atoms with van der Waals surface area (Å²) in [7, 11) is 0. The van der Waals surface area contributed by atoms with Crippen LogP contribution in [0, 0.1) is 0 Å². The fourth-order valence-electron chi connectivity index (χ4n) is 2.96. The molecule has 6 nitrogen and oxygen atoms in total. The topological polar surface area (TPSA) is 87.3 Å². The van der Waals surface area contributed by atoms with Gasteiger partial charge in [-0.05, 0) is 67.1 Å². The van der Waals surface area contributed by atoms with Crippen LogP contribution >= 0.6 is 23.2 Å². The van der Waals surface area contributed by atoms with E-state index in [1.54, 1.807) is 48.5 Å². The molecule has 0 spiro atoms. The zero-order valence-corrected chi connectivity index (χ0v) is 18.8. The first kappa shape index (κ1) is 23.3. The number of hydrogen-bond donors (Lipinski definition) is 3. The quantitative estimate of drug-likeness (QED) is 0.458. The minimum atomic E-state index is -0.362. The van der Waals surface area contributed by atoms with E-state index in [1.165, 1.54) is 12.1 Å². The van der Waals surface area contributed by atoms with Crippen LogP contribution in [0.5, 0.6) is 0 Å². The first-order valence-corrected chi connectivity index (χ1v) is 10.6. The predicted octanol–water partition coefficient (Wildman–Crippen LogP) is 4.93. The van der Waals surface area contributed by atoms with E-state index in [1.807, 2.05) is 13.0 Å². The Morgan fingerprint density at radius 1 is 0.719 bits per heavy atom. The Labute approximate surface area is 195 Å². The normalized spacial score (nSPS) is 10.3. The molecule has 0 aliphatic rings. The Hall–Kier alpha value is -3.35. The Morgan fingerprint density at radius 3 is 2.03 bits per heavy atom. The summed E-state index contributed by atoms with van der Waals surface area (Å²) >= 11 is 11.9. The summed E-state index contributed by atoms with van der Waals surface area (Å²) in [5.74, 6) is -0.787. The molecule has 3 N–H and O–H groups in total. The molecule has 0 aliphatic heterocycles. The molecule has 0 saturated heterocycles. The van der Waals surface area contributed by atoms with Crippen LogP contribution in [0.4, 0.5) is 5.69 Å². The van der Waals surface area contributed by atoms with Crippen molar-refractivity contribution in [3.05, 3.63) is 99.0 Å². The van der Waals surface area contributed by atoms with Gasteiger partial charge in [0.1, 0.15) is 0 Å². The summed E-state index contributed by atoms with van der Waals surface area (Å²) < 4.78 is 0. The molecule has 0 unspecified atom stereocenters. The van der Waals surface area contributed by atoms with Crippen molar-refractivity contribution in [1.29, 1.82) is 0 Å². The van der Waals surface area contributed by atoms with E-state index in [4.69, 9.17) is 23.2 Å². The lowest BCUT2D eigenvalue weighted by atomic mass is 10.1. The summed E-state index contributed by atoms with van der Waals surface area (Å²) in [5, 5.41) is 9.04. The van der Waals surface area contributed by atoms with E-state index in [9.17, 15) is 14.4 Å². The Kier molecular flexibility index (Phi) is 7.87. The number of nitrogens with one attached hydrogen (secondary N) is 3. The average molecular weight is 470 g/mol. The molecule has 0 aliphatic carbocycles. The van der Waals surface area contributed by atoms with Crippen LogP contribution in [0.25, 0.3) is 0 Å². The molecule has 3 amide bonds. The SMILES string of the molecule is CCNC(=O)c1cccc(CNC(=O)c2ccc(NC(=O)c3cc(Cl)cc(Cl)c3)cc2)c1. The lowest BCUT2D eigenvalue weighted by Crippen LogP contribution is -2.24. The van der Waals surface area contributed by atoms with Crippen molar-refractivity contribution < 1.29 is 14.4 Å². The van der Waals surface area contributed by atoms with E-state index >= 15 is 0 Å². The molecule has 0 atom stereocenters. The van der Waals surface area contributed by atoms with Gasteiger partial charge in [-0.2, -0.15) is 0 Å². The van der Waals surface area contributed by atoms with Crippen molar-refractivity contribution >= 4 is 46.6 Å². The van der Waals surface area contributed by atoms with Gasteiger partial charge in [-0.1, -0.05) is 35.3 Å². The van der Waals surface area contributed by atoms with E-state index in [2.05, 4.69) is 16.0 Å². The van der Waals surface area contributed by atoms with Gasteiger partial charge in [-0.3, -0.25) is 14.4 Å². The fourth-order valence-corrected chi connectivity index (χ4v) is 3.49. The zero-order valence-electron chi connectivity index (χ0n) is 17.2. The predicted molar refractivity (Wildman–Crippen MR) is 126 cm³/mol. The van der Waals surface area contributed by atoms with Crippen molar-refractivity contribution in [2.45, 2.75) is 13.5 Å². The molecule has 3 aromatic carbocycles. The zero-order chi connectivity index (χ0) is 23.1. The number of anilines is 1. The molecule has 3 rings (SSSR count). The van der Waals surface area contributed by atoms with E-state index in [0.29, 0.717) is 39.0 Å². The van der Waals surface area contributed by atoms with Crippen LogP contribution in [-0.4, -0.2) is 24.3 Å². The van der Waals surface area contributed by atoms with Crippen LogP contribution in [0.1, 0.15) is 43.6 Å². The summed E-state index contributed by atoms with van der Waals surface area (Å²) in [4.78, 5) is 36.8. The van der Waals surface area contributed by atoms with Gasteiger partial charge in [-0.15, -0.1) is 0 Å². The maximum atomic E-state index is 12.5. The van der Waals surface area contributed by atoms with Crippen molar-refractivity contribution in [2.75, 3.05) is 11.9 Å². The first-order chi connectivity index (χ1) is 15.4. The maximum absolute atomic E-state index is 12.5. The number of amides is 3. The molecule has 0 aromatic heterocycles. The summed E-state index contributed by atoms with van der Waals surface area (Å²) in [6.45, 7) is 2.68. The molecule has 0 radical (unpaired) electrons. The molecular weight excluding hydrogens is 449 g/mol. The van der Waals surface area contributed by atoms with Gasteiger partial charge in [0.2, 0.25) is 0 Å². The van der Waals surface area contributed by atoms with Gasteiger partial charge in [0.05, 0.1) is 0 Å². The Balaban J connectivity index is 1.59. The highest BCUT2D eigenvalue weighted by Gasteiger charge is 2.11. The van der Waals surface area contributed by atoms with Crippen LogP contribution in [0.3, 0.4) is 0 Å². The molecular formula is C24H21Cl2N3O3. The number of halogens is 2. The van der Waals surface area contributed by atoms with Crippen LogP contribution in [0.2, 0.25) is 10.0 Å². The fraction of sp³-hybridized carbons (Fsp3) is 0.125. The molecule has 8 heteroatoms. The number of benzene rings is 3. The van der Waals surface area contributed by atoms with E-state index in [0.717, 1.165) is 5.56 Å². The minimum Gasteiger partial charge on any atom is -0.352 e. The van der Waals surface area contributed by atoms with E-state index < -0.39 is 0 Å². The Morgan fingerprint density at radius 2 is 1.38 bits per heavy atom. The van der Waals surface area contributed by atoms with Crippen LogP contribution < -0.4 is 16.0 Å². The monoisotopic (exact) mass is 469 g/mol. The summed E-state index contributed by atoms with van der Waals surface area (Å²) in [5.41, 5.74) is 2.65. The molecule has 3 aromatic rings. The van der Waals surface area contributed by atoms with Crippen molar-refractivity contribution in [2.24, 2.45) is 0 Å². The lowest BCUT2D eigenvalue weighted by Gasteiger charge is -2.09. The standard InChI is InChI=1S/C24H21Cl2N3O3/c1-2-27-23(31)17-5-3-4-15(10-17)14-28-22(30)16-6-8-21(9-7-16)29-24(32)18-11-19(25)13-20(26)12-18/h3-13H,2,14H2,1H3,(H,27,31)(H,28,30)(H,29,32). The van der Waals surface area contributed by atoms with Crippen molar-refractivity contribution in [3.63, 3.8) is 0 Å². The van der Waals surface area contributed by atoms with Gasteiger partial charge < -0.3 is 16.0 Å². The van der Waals surface area contributed by atoms with Crippen LogP contribution in [-0.2, 0) is 6.54 Å². The highest BCUT2D eigenvalue weighted by molar-refractivity contribution is 6.35. The minimum absolute atomic E-state index is 0.154. The molecule has 164 valence electrons. The van der Waals surface area contributed by atoms with Gasteiger partial charge in [-0.25, -0.2) is 0 Å². The summed E-state index contributed by atoms with van der Waals surface area (Å²) in [6.07, 6.45) is 0. The van der Waals surface area contributed by atoms with Crippen LogP contribution in [0.15, 0.2) is 66.7 Å². The third-order valence-electron chi connectivity index (χ3n) is 4.51.